The molecule has 0 N–H and O–H groups in total. The predicted octanol–water partition coefficient (Wildman–Crippen LogP) is 5.26. The van der Waals surface area contributed by atoms with Crippen LogP contribution in [0, 0.1) is 0 Å². The third-order valence-electron chi connectivity index (χ3n) is 4.12. The molecular weight excluding hydrogens is 246 g/mol. The van der Waals surface area contributed by atoms with Gasteiger partial charge in [0.15, 0.2) is 0 Å². The number of hydrogen-bond acceptors (Lipinski definition) is 2. The third kappa shape index (κ3) is 14.3. The van der Waals surface area contributed by atoms with Crippen molar-refractivity contribution < 1.29 is 4.74 Å². The Morgan fingerprint density at radius 3 is 1.55 bits per heavy atom. The van der Waals surface area contributed by atoms with Gasteiger partial charge in [0.1, 0.15) is 0 Å². The average Bonchev–Trinajstić information content (AvgIpc) is 3.29. The molecule has 1 aliphatic heterocycles. The molecule has 122 valence electrons. The summed E-state index contributed by atoms with van der Waals surface area (Å²) in [5.74, 6) is 0. The molecule has 1 heterocycles. The van der Waals surface area contributed by atoms with Crippen molar-refractivity contribution in [2.75, 3.05) is 26.2 Å². The summed E-state index contributed by atoms with van der Waals surface area (Å²) in [4.78, 5) is 2.38. The second kappa shape index (κ2) is 15.3. The average molecular weight is 286 g/mol. The van der Waals surface area contributed by atoms with Crippen molar-refractivity contribution in [3.8, 4) is 0 Å². The number of hydrogen-bond donors (Lipinski definition) is 0. The zero-order valence-corrected chi connectivity index (χ0v) is 14.6. The highest BCUT2D eigenvalue weighted by atomic mass is 16.6. The van der Waals surface area contributed by atoms with E-state index in [0.29, 0.717) is 6.10 Å². The first-order valence-corrected chi connectivity index (χ1v) is 9.12. The van der Waals surface area contributed by atoms with Crippen molar-refractivity contribution in [1.82, 2.24) is 4.90 Å². The molecule has 0 spiro atoms. The highest BCUT2D eigenvalue weighted by Gasteiger charge is 2.20. The summed E-state index contributed by atoms with van der Waals surface area (Å²) >= 11 is 0. The molecule has 1 atom stereocenters. The molecule has 0 saturated carbocycles. The summed E-state index contributed by atoms with van der Waals surface area (Å²) in [6.07, 6.45) is 13.4. The van der Waals surface area contributed by atoms with Gasteiger partial charge in [-0.2, -0.15) is 0 Å². The maximum Gasteiger partial charge on any atom is 0.0810 e. The van der Waals surface area contributed by atoms with Crippen molar-refractivity contribution in [2.45, 2.75) is 91.6 Å². The van der Waals surface area contributed by atoms with E-state index in [9.17, 15) is 0 Å². The van der Waals surface area contributed by atoms with Crippen LogP contribution >= 0.6 is 0 Å². The summed E-state index contributed by atoms with van der Waals surface area (Å²) in [6.45, 7) is 13.4. The van der Waals surface area contributed by atoms with E-state index >= 15 is 0 Å². The Labute approximate surface area is 128 Å². The fourth-order valence-electron chi connectivity index (χ4n) is 2.41. The van der Waals surface area contributed by atoms with Crippen LogP contribution in [0.15, 0.2) is 0 Å². The standard InChI is InChI=1S/C12H24O.C6H15N/c1-2-3-4-5-6-7-8-9-10-12-11-13-12;1-4-7(5-2)6-3/h12H,2-11H2,1H3;4-6H2,1-3H3. The third-order valence-corrected chi connectivity index (χ3v) is 4.12. The van der Waals surface area contributed by atoms with Gasteiger partial charge >= 0.3 is 0 Å². The Balaban J connectivity index is 0.000000441. The Hall–Kier alpha value is -0.0800. The first kappa shape index (κ1) is 19.9. The van der Waals surface area contributed by atoms with Crippen molar-refractivity contribution in [2.24, 2.45) is 0 Å². The Morgan fingerprint density at radius 2 is 1.20 bits per heavy atom. The minimum atomic E-state index is 0.653. The van der Waals surface area contributed by atoms with Gasteiger partial charge in [-0.3, -0.25) is 0 Å². The molecule has 0 aliphatic carbocycles. The van der Waals surface area contributed by atoms with Gasteiger partial charge in [0, 0.05) is 0 Å². The smallest absolute Gasteiger partial charge is 0.0810 e. The molecular formula is C18H39NO. The van der Waals surface area contributed by atoms with Gasteiger partial charge < -0.3 is 9.64 Å². The van der Waals surface area contributed by atoms with Crippen LogP contribution in [0.4, 0.5) is 0 Å². The minimum Gasteiger partial charge on any atom is -0.373 e. The first-order valence-electron chi connectivity index (χ1n) is 9.12. The van der Waals surface area contributed by atoms with Gasteiger partial charge in [-0.15, -0.1) is 0 Å². The zero-order valence-electron chi connectivity index (χ0n) is 14.6. The van der Waals surface area contributed by atoms with E-state index in [0.717, 1.165) is 6.61 Å². The number of ether oxygens (including phenoxy) is 1. The zero-order chi connectivity index (χ0) is 15.1. The van der Waals surface area contributed by atoms with Crippen molar-refractivity contribution >= 4 is 0 Å². The second-order valence-electron chi connectivity index (χ2n) is 5.84. The molecule has 0 aromatic carbocycles. The molecule has 1 aliphatic rings. The first-order chi connectivity index (χ1) is 9.78. The van der Waals surface area contributed by atoms with E-state index in [1.807, 2.05) is 0 Å². The van der Waals surface area contributed by atoms with Gasteiger partial charge in [0.25, 0.3) is 0 Å². The molecule has 20 heavy (non-hydrogen) atoms. The highest BCUT2D eigenvalue weighted by molar-refractivity contribution is 4.68. The summed E-state index contributed by atoms with van der Waals surface area (Å²) in [5, 5.41) is 0. The minimum absolute atomic E-state index is 0.653. The molecule has 0 aromatic rings. The molecule has 0 radical (unpaired) electrons. The second-order valence-corrected chi connectivity index (χ2v) is 5.84. The van der Waals surface area contributed by atoms with E-state index in [2.05, 4.69) is 32.6 Å². The molecule has 1 fully saturated rings. The quantitative estimate of drug-likeness (QED) is 0.359. The van der Waals surface area contributed by atoms with Crippen LogP contribution in [-0.4, -0.2) is 37.2 Å². The topological polar surface area (TPSA) is 15.8 Å². The van der Waals surface area contributed by atoms with Gasteiger partial charge in [-0.1, -0.05) is 79.1 Å². The predicted molar refractivity (Wildman–Crippen MR) is 90.4 cm³/mol. The molecule has 1 saturated heterocycles. The van der Waals surface area contributed by atoms with Crippen LogP contribution in [0.3, 0.4) is 0 Å². The van der Waals surface area contributed by atoms with Crippen LogP contribution in [0.5, 0.6) is 0 Å². The van der Waals surface area contributed by atoms with E-state index < -0.39 is 0 Å². The molecule has 0 aromatic heterocycles. The Kier molecular flexibility index (Phi) is 15.3. The van der Waals surface area contributed by atoms with Gasteiger partial charge in [-0.25, -0.2) is 0 Å². The largest absolute Gasteiger partial charge is 0.373 e. The number of nitrogens with zero attached hydrogens (tertiary/aromatic N) is 1. The molecule has 2 heteroatoms. The number of epoxide rings is 1. The lowest BCUT2D eigenvalue weighted by Gasteiger charge is -2.13. The van der Waals surface area contributed by atoms with E-state index in [-0.39, 0.29) is 0 Å². The maximum atomic E-state index is 5.17. The van der Waals surface area contributed by atoms with E-state index in [1.54, 1.807) is 0 Å². The van der Waals surface area contributed by atoms with Gasteiger partial charge in [0.2, 0.25) is 0 Å². The van der Waals surface area contributed by atoms with Gasteiger partial charge in [0.05, 0.1) is 12.7 Å². The molecule has 1 rings (SSSR count). The monoisotopic (exact) mass is 285 g/mol. The van der Waals surface area contributed by atoms with E-state index in [1.165, 1.54) is 77.4 Å². The lowest BCUT2D eigenvalue weighted by Crippen LogP contribution is -2.21. The lowest BCUT2D eigenvalue weighted by atomic mass is 10.1. The Morgan fingerprint density at radius 1 is 0.750 bits per heavy atom. The van der Waals surface area contributed by atoms with E-state index in [4.69, 9.17) is 4.74 Å². The van der Waals surface area contributed by atoms with Crippen LogP contribution in [-0.2, 0) is 4.74 Å². The SMILES string of the molecule is CCCCCCCCCCC1CO1.CCN(CC)CC. The van der Waals surface area contributed by atoms with Crippen LogP contribution in [0.25, 0.3) is 0 Å². The number of rotatable bonds is 12. The molecule has 2 nitrogen and oxygen atoms in total. The Bertz CT molecular complexity index is 171. The van der Waals surface area contributed by atoms with Crippen molar-refractivity contribution in [3.63, 3.8) is 0 Å². The fraction of sp³-hybridized carbons (Fsp3) is 1.00. The number of unbranched alkanes of at least 4 members (excludes halogenated alkanes) is 7. The van der Waals surface area contributed by atoms with Crippen LogP contribution < -0.4 is 0 Å². The summed E-state index contributed by atoms with van der Waals surface area (Å²) in [5.41, 5.74) is 0. The molecule has 0 bridgehead atoms. The van der Waals surface area contributed by atoms with Crippen molar-refractivity contribution in [1.29, 1.82) is 0 Å². The lowest BCUT2D eigenvalue weighted by molar-refractivity contribution is 0.321. The van der Waals surface area contributed by atoms with Gasteiger partial charge in [-0.05, 0) is 26.1 Å². The highest BCUT2D eigenvalue weighted by Crippen LogP contribution is 2.18. The van der Waals surface area contributed by atoms with Crippen LogP contribution in [0.1, 0.15) is 85.5 Å². The fourth-order valence-corrected chi connectivity index (χ4v) is 2.41. The normalized spacial score (nSPS) is 16.9. The van der Waals surface area contributed by atoms with Crippen LogP contribution in [0.2, 0.25) is 0 Å². The van der Waals surface area contributed by atoms with Crippen molar-refractivity contribution in [3.05, 3.63) is 0 Å². The molecule has 0 amide bonds. The maximum absolute atomic E-state index is 5.17. The summed E-state index contributed by atoms with van der Waals surface area (Å²) in [7, 11) is 0. The molecule has 1 unspecified atom stereocenters. The summed E-state index contributed by atoms with van der Waals surface area (Å²) in [6, 6.07) is 0. The summed E-state index contributed by atoms with van der Waals surface area (Å²) < 4.78 is 5.17.